The zero-order valence-corrected chi connectivity index (χ0v) is 9.41. The van der Waals surface area contributed by atoms with Gasteiger partial charge >= 0.3 is 0 Å². The van der Waals surface area contributed by atoms with Crippen molar-refractivity contribution in [1.29, 1.82) is 0 Å². The first-order valence-corrected chi connectivity index (χ1v) is 6.33. The third kappa shape index (κ3) is 2.17. The molecule has 3 nitrogen and oxygen atoms in total. The fourth-order valence-electron chi connectivity index (χ4n) is 1.96. The first kappa shape index (κ1) is 10.6. The molecule has 0 aromatic rings. The fraction of sp³-hybridized carbons (Fsp3) is 0.900. The van der Waals surface area contributed by atoms with Crippen LogP contribution >= 0.6 is 8.20 Å². The first-order valence-electron chi connectivity index (χ1n) is 5.18. The normalized spacial score (nSPS) is 43.5. The maximum atomic E-state index is 5.75. The van der Waals surface area contributed by atoms with E-state index in [0.29, 0.717) is 12.5 Å². The van der Waals surface area contributed by atoms with Crippen LogP contribution in [0.15, 0.2) is 0 Å². The Hall–Kier alpha value is 0.0500. The second kappa shape index (κ2) is 4.71. The van der Waals surface area contributed by atoms with Crippen LogP contribution in [0.3, 0.4) is 0 Å². The highest BCUT2D eigenvalue weighted by molar-refractivity contribution is 7.36. The van der Waals surface area contributed by atoms with E-state index in [2.05, 4.69) is 13.2 Å². The average molecular weight is 216 g/mol. The summed E-state index contributed by atoms with van der Waals surface area (Å²) >= 11 is 0. The Kier molecular flexibility index (Phi) is 3.56. The Morgan fingerprint density at radius 1 is 1.29 bits per heavy atom. The predicted octanol–water partition coefficient (Wildman–Crippen LogP) is 1.88. The van der Waals surface area contributed by atoms with Crippen LogP contribution in [0.1, 0.15) is 19.8 Å². The third-order valence-electron chi connectivity index (χ3n) is 2.95. The van der Waals surface area contributed by atoms with E-state index in [9.17, 15) is 0 Å². The van der Waals surface area contributed by atoms with Crippen LogP contribution in [0, 0.1) is 5.92 Å². The van der Waals surface area contributed by atoms with Gasteiger partial charge in [0.05, 0.1) is 19.3 Å². The van der Waals surface area contributed by atoms with Crippen LogP contribution in [-0.2, 0) is 14.2 Å². The lowest BCUT2D eigenvalue weighted by atomic mass is 9.93. The van der Waals surface area contributed by atoms with Crippen molar-refractivity contribution in [3.8, 4) is 0 Å². The maximum Gasteiger partial charge on any atom is 0.200 e. The summed E-state index contributed by atoms with van der Waals surface area (Å²) < 4.78 is 16.9. The van der Waals surface area contributed by atoms with E-state index in [-0.39, 0.29) is 18.2 Å². The molecule has 0 aromatic carbocycles. The standard InChI is InChI=1S/C10H17O3P/c1-3-7-4-8-9(11-5-7)6-12-10(13-8)14-2/h7-10H,2-6H2,1H3. The molecule has 0 spiro atoms. The molecular formula is C10H17O3P. The molecule has 0 N–H and O–H groups in total. The van der Waals surface area contributed by atoms with Gasteiger partial charge < -0.3 is 14.2 Å². The summed E-state index contributed by atoms with van der Waals surface area (Å²) in [5.74, 6) is 0.650. The molecule has 2 saturated heterocycles. The molecule has 4 unspecified atom stereocenters. The van der Waals surface area contributed by atoms with Gasteiger partial charge in [-0.05, 0) is 20.5 Å². The highest BCUT2D eigenvalue weighted by Crippen LogP contribution is 2.31. The summed E-state index contributed by atoms with van der Waals surface area (Å²) in [6.07, 6.45) is 6.41. The minimum atomic E-state index is -0.143. The SMILES string of the molecule is C=PC1OCC2OCC(CC)CC2O1. The lowest BCUT2D eigenvalue weighted by molar-refractivity contribution is -0.248. The van der Waals surface area contributed by atoms with Gasteiger partial charge in [0.15, 0.2) is 6.03 Å². The van der Waals surface area contributed by atoms with Gasteiger partial charge in [0.2, 0.25) is 0 Å². The van der Waals surface area contributed by atoms with Crippen molar-refractivity contribution < 1.29 is 14.2 Å². The van der Waals surface area contributed by atoms with Crippen LogP contribution in [0.25, 0.3) is 0 Å². The van der Waals surface area contributed by atoms with Gasteiger partial charge in [-0.25, -0.2) is 0 Å². The van der Waals surface area contributed by atoms with Gasteiger partial charge in [-0.1, -0.05) is 19.6 Å². The monoisotopic (exact) mass is 216 g/mol. The van der Waals surface area contributed by atoms with Crippen LogP contribution in [0.4, 0.5) is 0 Å². The molecule has 2 aliphatic rings. The van der Waals surface area contributed by atoms with Crippen LogP contribution in [0.2, 0.25) is 0 Å². The van der Waals surface area contributed by atoms with Crippen molar-refractivity contribution in [3.05, 3.63) is 0 Å². The van der Waals surface area contributed by atoms with E-state index in [1.165, 1.54) is 6.42 Å². The number of fused-ring (bicyclic) bond motifs is 1. The van der Waals surface area contributed by atoms with Crippen molar-refractivity contribution in [1.82, 2.24) is 0 Å². The smallest absolute Gasteiger partial charge is 0.200 e. The molecule has 2 fully saturated rings. The van der Waals surface area contributed by atoms with Crippen molar-refractivity contribution in [2.75, 3.05) is 13.2 Å². The second-order valence-electron chi connectivity index (χ2n) is 3.88. The molecule has 2 rings (SSSR count). The molecule has 14 heavy (non-hydrogen) atoms. The van der Waals surface area contributed by atoms with Gasteiger partial charge in [-0.15, -0.1) is 0 Å². The Morgan fingerprint density at radius 2 is 2.14 bits per heavy atom. The highest BCUT2D eigenvalue weighted by Gasteiger charge is 2.36. The lowest BCUT2D eigenvalue weighted by Gasteiger charge is -2.40. The summed E-state index contributed by atoms with van der Waals surface area (Å²) in [5.41, 5.74) is 0. The third-order valence-corrected chi connectivity index (χ3v) is 3.52. The van der Waals surface area contributed by atoms with Gasteiger partial charge in [0.25, 0.3) is 0 Å². The number of rotatable bonds is 2. The largest absolute Gasteiger partial charge is 0.373 e. The molecule has 4 atom stereocenters. The number of ether oxygens (including phenoxy) is 3. The summed E-state index contributed by atoms with van der Waals surface area (Å²) in [7, 11) is 0.907. The van der Waals surface area contributed by atoms with Crippen molar-refractivity contribution in [3.63, 3.8) is 0 Å². The van der Waals surface area contributed by atoms with E-state index in [1.54, 1.807) is 0 Å². The molecule has 0 saturated carbocycles. The van der Waals surface area contributed by atoms with Gasteiger partial charge in [-0.2, -0.15) is 0 Å². The minimum Gasteiger partial charge on any atom is -0.373 e. The fourth-order valence-corrected chi connectivity index (χ4v) is 2.39. The van der Waals surface area contributed by atoms with Crippen LogP contribution in [0.5, 0.6) is 0 Å². The van der Waals surface area contributed by atoms with E-state index >= 15 is 0 Å². The summed E-state index contributed by atoms with van der Waals surface area (Å²) in [6, 6.07) is -0.143. The Bertz CT molecular complexity index is 210. The molecule has 80 valence electrons. The average Bonchev–Trinajstić information content (AvgIpc) is 2.27. The summed E-state index contributed by atoms with van der Waals surface area (Å²) in [4.78, 5) is 0. The van der Waals surface area contributed by atoms with Gasteiger partial charge in [-0.3, -0.25) is 0 Å². The van der Waals surface area contributed by atoms with E-state index in [1.807, 2.05) is 0 Å². The maximum absolute atomic E-state index is 5.75. The van der Waals surface area contributed by atoms with E-state index in [0.717, 1.165) is 21.2 Å². The second-order valence-corrected chi connectivity index (χ2v) is 4.67. The predicted molar refractivity (Wildman–Crippen MR) is 56.8 cm³/mol. The van der Waals surface area contributed by atoms with E-state index < -0.39 is 0 Å². The highest BCUT2D eigenvalue weighted by atomic mass is 31.1. The van der Waals surface area contributed by atoms with Gasteiger partial charge in [0.1, 0.15) is 6.10 Å². The molecule has 0 bridgehead atoms. The molecule has 2 aliphatic heterocycles. The minimum absolute atomic E-state index is 0.143. The zero-order valence-electron chi connectivity index (χ0n) is 8.52. The van der Waals surface area contributed by atoms with Crippen molar-refractivity contribution >= 4 is 14.5 Å². The van der Waals surface area contributed by atoms with Crippen molar-refractivity contribution in [2.45, 2.75) is 38.0 Å². The van der Waals surface area contributed by atoms with Crippen LogP contribution < -0.4 is 0 Å². The van der Waals surface area contributed by atoms with Crippen molar-refractivity contribution in [2.24, 2.45) is 5.92 Å². The molecule has 0 aliphatic carbocycles. The quantitative estimate of drug-likeness (QED) is 0.659. The summed E-state index contributed by atoms with van der Waals surface area (Å²) in [6.45, 7) is 3.72. The van der Waals surface area contributed by atoms with Gasteiger partial charge in [0, 0.05) is 0 Å². The van der Waals surface area contributed by atoms with E-state index in [4.69, 9.17) is 14.2 Å². The Labute approximate surface area is 86.5 Å². The molecule has 0 aromatic heterocycles. The molecule has 0 radical (unpaired) electrons. The molecule has 4 heteroatoms. The van der Waals surface area contributed by atoms with Crippen LogP contribution in [-0.4, -0.2) is 37.8 Å². The Balaban J connectivity index is 1.93. The Morgan fingerprint density at radius 3 is 2.86 bits per heavy atom. The summed E-state index contributed by atoms with van der Waals surface area (Å²) in [5, 5.41) is 0. The molecular weight excluding hydrogens is 199 g/mol. The first-order chi connectivity index (χ1) is 6.83. The zero-order chi connectivity index (χ0) is 9.97. The lowest BCUT2D eigenvalue weighted by Crippen LogP contribution is -2.48. The number of hydrogen-bond donors (Lipinski definition) is 0. The number of hydrogen-bond acceptors (Lipinski definition) is 3. The molecule has 2 heterocycles. The molecule has 0 amide bonds. The topological polar surface area (TPSA) is 27.7 Å².